The number of halogens is 1. The van der Waals surface area contributed by atoms with Crippen LogP contribution in [0.4, 0.5) is 5.13 Å². The Bertz CT molecular complexity index is 1120. The molecule has 0 radical (unpaired) electrons. The minimum Gasteiger partial charge on any atom is -0.489 e. The first-order valence-electron chi connectivity index (χ1n) is 10.4. The molecule has 168 valence electrons. The zero-order chi connectivity index (χ0) is 22.7. The highest BCUT2D eigenvalue weighted by atomic mass is 35.5. The SMILES string of the molecule is CC(C)COc1ccc(Cl)cc1OCc1nnc(N2CCc3cc(C(N)=O)ccc3C2)s1. The number of ether oxygens (including phenoxy) is 2. The second-order valence-electron chi connectivity index (χ2n) is 8.08. The monoisotopic (exact) mass is 472 g/mol. The van der Waals surface area contributed by atoms with Crippen molar-refractivity contribution in [2.45, 2.75) is 33.4 Å². The lowest BCUT2D eigenvalue weighted by atomic mass is 9.97. The third-order valence-electron chi connectivity index (χ3n) is 5.06. The van der Waals surface area contributed by atoms with Crippen molar-refractivity contribution in [3.8, 4) is 11.5 Å². The van der Waals surface area contributed by atoms with Gasteiger partial charge in [-0.05, 0) is 47.7 Å². The van der Waals surface area contributed by atoms with Crippen LogP contribution in [-0.2, 0) is 19.6 Å². The Morgan fingerprint density at radius 1 is 1.16 bits per heavy atom. The van der Waals surface area contributed by atoms with Gasteiger partial charge >= 0.3 is 0 Å². The molecular formula is C23H25ClN4O3S. The maximum absolute atomic E-state index is 11.4. The Labute approximate surface area is 196 Å². The molecule has 0 fully saturated rings. The molecular weight excluding hydrogens is 448 g/mol. The summed E-state index contributed by atoms with van der Waals surface area (Å²) in [5.41, 5.74) is 8.26. The number of benzene rings is 2. The Morgan fingerprint density at radius 2 is 2.00 bits per heavy atom. The van der Waals surface area contributed by atoms with Crippen molar-refractivity contribution in [3.63, 3.8) is 0 Å². The molecule has 0 saturated heterocycles. The van der Waals surface area contributed by atoms with E-state index < -0.39 is 5.91 Å². The van der Waals surface area contributed by atoms with Crippen molar-refractivity contribution in [1.29, 1.82) is 0 Å². The number of nitrogens with zero attached hydrogens (tertiary/aromatic N) is 3. The molecule has 0 spiro atoms. The van der Waals surface area contributed by atoms with Crippen LogP contribution in [0.3, 0.4) is 0 Å². The fourth-order valence-corrected chi connectivity index (χ4v) is 4.35. The van der Waals surface area contributed by atoms with Gasteiger partial charge in [-0.15, -0.1) is 10.2 Å². The largest absolute Gasteiger partial charge is 0.489 e. The Balaban J connectivity index is 1.41. The van der Waals surface area contributed by atoms with Gasteiger partial charge in [0.05, 0.1) is 6.61 Å². The zero-order valence-corrected chi connectivity index (χ0v) is 19.6. The lowest BCUT2D eigenvalue weighted by Gasteiger charge is -2.28. The van der Waals surface area contributed by atoms with Crippen LogP contribution in [0.1, 0.15) is 40.3 Å². The van der Waals surface area contributed by atoms with Crippen LogP contribution in [0.25, 0.3) is 0 Å². The van der Waals surface area contributed by atoms with E-state index in [1.807, 2.05) is 18.2 Å². The van der Waals surface area contributed by atoms with Crippen molar-refractivity contribution >= 4 is 34.0 Å². The Morgan fingerprint density at radius 3 is 2.78 bits per heavy atom. The van der Waals surface area contributed by atoms with E-state index in [4.69, 9.17) is 26.8 Å². The third kappa shape index (κ3) is 5.31. The van der Waals surface area contributed by atoms with Gasteiger partial charge in [-0.25, -0.2) is 0 Å². The molecule has 0 saturated carbocycles. The van der Waals surface area contributed by atoms with Gasteiger partial charge in [0.25, 0.3) is 0 Å². The van der Waals surface area contributed by atoms with Gasteiger partial charge in [0.2, 0.25) is 11.0 Å². The highest BCUT2D eigenvalue weighted by molar-refractivity contribution is 7.15. The molecule has 0 atom stereocenters. The van der Waals surface area contributed by atoms with Gasteiger partial charge in [0.15, 0.2) is 16.5 Å². The first kappa shape index (κ1) is 22.4. The minimum absolute atomic E-state index is 0.280. The molecule has 0 bridgehead atoms. The minimum atomic E-state index is -0.401. The van der Waals surface area contributed by atoms with Crippen LogP contribution < -0.4 is 20.1 Å². The lowest BCUT2D eigenvalue weighted by molar-refractivity contribution is 0.1000. The highest BCUT2D eigenvalue weighted by Crippen LogP contribution is 2.33. The normalized spacial score (nSPS) is 13.2. The van der Waals surface area contributed by atoms with E-state index in [1.165, 1.54) is 16.9 Å². The van der Waals surface area contributed by atoms with Crippen LogP contribution in [0.5, 0.6) is 11.5 Å². The topological polar surface area (TPSA) is 90.6 Å². The standard InChI is InChI=1S/C23H25ClN4O3S/c1-14(2)12-30-19-6-5-18(24)10-20(19)31-13-21-26-27-23(32-21)28-8-7-15-9-16(22(25)29)3-4-17(15)11-28/h3-6,9-10,14H,7-8,11-13H2,1-2H3,(H2,25,29). The van der Waals surface area contributed by atoms with Crippen molar-refractivity contribution in [2.75, 3.05) is 18.1 Å². The number of amides is 1. The molecule has 9 heteroatoms. The summed E-state index contributed by atoms with van der Waals surface area (Å²) >= 11 is 7.64. The molecule has 0 aliphatic carbocycles. The summed E-state index contributed by atoms with van der Waals surface area (Å²) in [4.78, 5) is 13.6. The van der Waals surface area contributed by atoms with Gasteiger partial charge in [-0.3, -0.25) is 4.79 Å². The van der Waals surface area contributed by atoms with Crippen LogP contribution in [0, 0.1) is 5.92 Å². The van der Waals surface area contributed by atoms with E-state index in [-0.39, 0.29) is 6.61 Å². The number of fused-ring (bicyclic) bond motifs is 1. The molecule has 2 aromatic carbocycles. The quantitative estimate of drug-likeness (QED) is 0.520. The molecule has 0 unspecified atom stereocenters. The van der Waals surface area contributed by atoms with E-state index >= 15 is 0 Å². The molecule has 1 aliphatic rings. The molecule has 2 heterocycles. The summed E-state index contributed by atoms with van der Waals surface area (Å²) in [6, 6.07) is 11.0. The molecule has 32 heavy (non-hydrogen) atoms. The number of carbonyl (C=O) groups excluding carboxylic acids is 1. The number of aromatic nitrogens is 2. The highest BCUT2D eigenvalue weighted by Gasteiger charge is 2.21. The average Bonchev–Trinajstić information content (AvgIpc) is 3.25. The van der Waals surface area contributed by atoms with Crippen LogP contribution in [0.15, 0.2) is 36.4 Å². The summed E-state index contributed by atoms with van der Waals surface area (Å²) < 4.78 is 11.8. The Hall–Kier alpha value is -2.84. The van der Waals surface area contributed by atoms with Crippen molar-refractivity contribution in [3.05, 3.63) is 63.1 Å². The smallest absolute Gasteiger partial charge is 0.248 e. The summed E-state index contributed by atoms with van der Waals surface area (Å²) in [6.45, 7) is 6.57. The second-order valence-corrected chi connectivity index (χ2v) is 9.56. The van der Waals surface area contributed by atoms with Crippen molar-refractivity contribution in [1.82, 2.24) is 10.2 Å². The summed E-state index contributed by atoms with van der Waals surface area (Å²) in [5.74, 6) is 1.26. The summed E-state index contributed by atoms with van der Waals surface area (Å²) in [6.07, 6.45) is 0.820. The van der Waals surface area contributed by atoms with Crippen LogP contribution in [-0.4, -0.2) is 29.3 Å². The summed E-state index contributed by atoms with van der Waals surface area (Å²) in [5, 5.41) is 10.8. The van der Waals surface area contributed by atoms with E-state index in [9.17, 15) is 4.79 Å². The zero-order valence-electron chi connectivity index (χ0n) is 18.0. The summed E-state index contributed by atoms with van der Waals surface area (Å²) in [7, 11) is 0. The second kappa shape index (κ2) is 9.75. The van der Waals surface area contributed by atoms with Gasteiger partial charge in [-0.1, -0.05) is 42.9 Å². The van der Waals surface area contributed by atoms with Crippen LogP contribution in [0.2, 0.25) is 5.02 Å². The fourth-order valence-electron chi connectivity index (χ4n) is 3.41. The Kier molecular flexibility index (Phi) is 6.81. The molecule has 1 amide bonds. The predicted molar refractivity (Wildman–Crippen MR) is 126 cm³/mol. The maximum atomic E-state index is 11.4. The number of anilines is 1. The first-order chi connectivity index (χ1) is 15.4. The van der Waals surface area contributed by atoms with Gasteiger partial charge < -0.3 is 20.1 Å². The van der Waals surface area contributed by atoms with Gasteiger partial charge in [-0.2, -0.15) is 0 Å². The number of hydrogen-bond donors (Lipinski definition) is 1. The lowest BCUT2D eigenvalue weighted by Crippen LogP contribution is -2.30. The molecule has 1 aliphatic heterocycles. The number of hydrogen-bond acceptors (Lipinski definition) is 7. The first-order valence-corrected chi connectivity index (χ1v) is 11.6. The van der Waals surface area contributed by atoms with Crippen LogP contribution >= 0.6 is 22.9 Å². The number of primary amides is 1. The molecule has 1 aromatic heterocycles. The van der Waals surface area contributed by atoms with E-state index in [1.54, 1.807) is 18.2 Å². The maximum Gasteiger partial charge on any atom is 0.248 e. The van der Waals surface area contributed by atoms with E-state index in [0.717, 1.165) is 28.7 Å². The number of carbonyl (C=O) groups is 1. The number of nitrogens with two attached hydrogens (primary N) is 1. The predicted octanol–water partition coefficient (Wildman–Crippen LogP) is 4.47. The molecule has 4 rings (SSSR count). The third-order valence-corrected chi connectivity index (χ3v) is 6.25. The van der Waals surface area contributed by atoms with E-state index in [0.29, 0.717) is 41.2 Å². The van der Waals surface area contributed by atoms with Gasteiger partial charge in [0, 0.05) is 29.7 Å². The van der Waals surface area contributed by atoms with Gasteiger partial charge in [0.1, 0.15) is 6.61 Å². The van der Waals surface area contributed by atoms with Crippen molar-refractivity contribution in [2.24, 2.45) is 11.7 Å². The van der Waals surface area contributed by atoms with E-state index in [2.05, 4.69) is 28.9 Å². The fraction of sp³-hybridized carbons (Fsp3) is 0.348. The average molecular weight is 473 g/mol. The molecule has 2 N–H and O–H groups in total. The molecule has 3 aromatic rings. The molecule has 7 nitrogen and oxygen atoms in total. The number of rotatable bonds is 8. The van der Waals surface area contributed by atoms with Crippen molar-refractivity contribution < 1.29 is 14.3 Å².